The first-order valence-electron chi connectivity index (χ1n) is 41.4. The molecule has 3 N–H and O–H groups in total. The fourth-order valence-corrected chi connectivity index (χ4v) is 12.0. The minimum Gasteiger partial charge on any atom is -0.462 e. The highest BCUT2D eigenvalue weighted by atomic mass is 31.2. The Hall–Kier alpha value is -5.58. The third-order valence-electron chi connectivity index (χ3n) is 16.7. The molecule has 0 bridgehead atoms. The van der Waals surface area contributed by atoms with E-state index in [0.717, 1.165) is 186 Å². The third-order valence-corrected chi connectivity index (χ3v) is 18.6. The Bertz CT molecular complexity index is 2710. The van der Waals surface area contributed by atoms with Crippen molar-refractivity contribution in [3.8, 4) is 0 Å². The second-order valence-electron chi connectivity index (χ2n) is 26.9. The zero-order chi connectivity index (χ0) is 78.9. The second-order valence-corrected chi connectivity index (χ2v) is 29.8. The Labute approximate surface area is 654 Å². The summed E-state index contributed by atoms with van der Waals surface area (Å²) in [6, 6.07) is 0. The van der Waals surface area contributed by atoms with Crippen molar-refractivity contribution in [1.82, 2.24) is 0 Å². The van der Waals surface area contributed by atoms with Crippen molar-refractivity contribution >= 4 is 39.5 Å². The number of hydrogen-bond donors (Lipinski definition) is 3. The van der Waals surface area contributed by atoms with Crippen LogP contribution in [-0.2, 0) is 65.4 Å². The zero-order valence-electron chi connectivity index (χ0n) is 67.2. The number of carbonyl (C=O) groups is 4. The number of aliphatic hydroxyl groups is 1. The summed E-state index contributed by atoms with van der Waals surface area (Å²) in [5.41, 5.74) is 0. The maximum atomic E-state index is 13.1. The molecule has 0 aliphatic rings. The molecule has 5 unspecified atom stereocenters. The van der Waals surface area contributed by atoms with Crippen LogP contribution in [0, 0.1) is 0 Å². The minimum absolute atomic E-state index is 0.0649. The number of esters is 4. The highest BCUT2D eigenvalue weighted by molar-refractivity contribution is 7.47. The van der Waals surface area contributed by atoms with Crippen LogP contribution < -0.4 is 0 Å². The van der Waals surface area contributed by atoms with Crippen molar-refractivity contribution in [3.63, 3.8) is 0 Å². The zero-order valence-corrected chi connectivity index (χ0v) is 69.0. The fourth-order valence-electron chi connectivity index (χ4n) is 10.5. The molecule has 0 saturated carbocycles. The van der Waals surface area contributed by atoms with Gasteiger partial charge in [0.25, 0.3) is 0 Å². The molecule has 5 atom stereocenters. The molecule has 0 fully saturated rings. The molecule has 0 heterocycles. The fraction of sp³-hybridized carbons (Fsp3) is 0.640. The van der Waals surface area contributed by atoms with E-state index in [9.17, 15) is 43.2 Å². The van der Waals surface area contributed by atoms with Gasteiger partial charge < -0.3 is 33.8 Å². The van der Waals surface area contributed by atoms with Gasteiger partial charge >= 0.3 is 39.5 Å². The molecule has 19 heteroatoms. The summed E-state index contributed by atoms with van der Waals surface area (Å²) in [5, 5.41) is 10.7. The summed E-state index contributed by atoms with van der Waals surface area (Å²) >= 11 is 0. The van der Waals surface area contributed by atoms with Gasteiger partial charge in [0.2, 0.25) is 0 Å². The van der Waals surface area contributed by atoms with Crippen LogP contribution in [0.5, 0.6) is 0 Å². The van der Waals surface area contributed by atoms with Gasteiger partial charge in [0, 0.05) is 25.7 Å². The summed E-state index contributed by atoms with van der Waals surface area (Å²) in [5.74, 6) is -2.31. The molecule has 0 spiro atoms. The number of ether oxygens (including phenoxy) is 4. The van der Waals surface area contributed by atoms with Crippen LogP contribution in [0.3, 0.4) is 0 Å². The summed E-state index contributed by atoms with van der Waals surface area (Å²) in [7, 11) is -10.0. The molecule has 0 saturated heterocycles. The van der Waals surface area contributed by atoms with Crippen LogP contribution >= 0.6 is 15.6 Å². The first kappa shape index (κ1) is 102. The Kier molecular flexibility index (Phi) is 75.4. The lowest BCUT2D eigenvalue weighted by molar-refractivity contribution is -0.161. The lowest BCUT2D eigenvalue weighted by Crippen LogP contribution is -2.30. The van der Waals surface area contributed by atoms with Gasteiger partial charge in [-0.3, -0.25) is 37.3 Å². The van der Waals surface area contributed by atoms with Crippen LogP contribution in [0.2, 0.25) is 0 Å². The normalized spacial score (nSPS) is 14.7. The molecule has 0 amide bonds. The average molecular weight is 1550 g/mol. The Morgan fingerprint density at radius 3 is 0.796 bits per heavy atom. The van der Waals surface area contributed by atoms with E-state index in [1.807, 2.05) is 12.2 Å². The van der Waals surface area contributed by atoms with Crippen molar-refractivity contribution in [2.75, 3.05) is 39.6 Å². The van der Waals surface area contributed by atoms with E-state index in [2.05, 4.69) is 186 Å². The molecule has 0 aromatic heterocycles. The number of phosphoric acid groups is 2. The molecule has 108 heavy (non-hydrogen) atoms. The van der Waals surface area contributed by atoms with E-state index < -0.39 is 97.5 Å². The number of allylic oxidation sites excluding steroid dienone is 28. The van der Waals surface area contributed by atoms with Gasteiger partial charge in [-0.15, -0.1) is 0 Å². The third kappa shape index (κ3) is 78.5. The van der Waals surface area contributed by atoms with Crippen molar-refractivity contribution in [1.29, 1.82) is 0 Å². The van der Waals surface area contributed by atoms with Crippen LogP contribution in [-0.4, -0.2) is 96.7 Å². The van der Waals surface area contributed by atoms with Crippen molar-refractivity contribution < 1.29 is 80.2 Å². The molecule has 17 nitrogen and oxygen atoms in total. The number of carbonyl (C=O) groups excluding carboxylic acids is 4. The summed E-state index contributed by atoms with van der Waals surface area (Å²) in [4.78, 5) is 73.2. The molecule has 0 aliphatic carbocycles. The van der Waals surface area contributed by atoms with Crippen molar-refractivity contribution in [2.45, 2.75) is 329 Å². The average Bonchev–Trinajstić information content (AvgIpc) is 0.901. The quantitative estimate of drug-likeness (QED) is 0.0169. The minimum atomic E-state index is -5.01. The Balaban J connectivity index is 5.48. The van der Waals surface area contributed by atoms with E-state index in [1.165, 1.54) is 38.5 Å². The molecular formula is C89H146O17P2. The van der Waals surface area contributed by atoms with E-state index >= 15 is 0 Å². The molecular weight excluding hydrogens is 1400 g/mol. The first-order chi connectivity index (χ1) is 52.7. The van der Waals surface area contributed by atoms with Gasteiger partial charge in [-0.25, -0.2) is 9.13 Å². The number of aliphatic hydroxyl groups excluding tert-OH is 1. The Morgan fingerprint density at radius 2 is 0.491 bits per heavy atom. The lowest BCUT2D eigenvalue weighted by atomic mass is 10.1. The number of unbranched alkanes of at least 4 members (excludes halogenated alkanes) is 22. The van der Waals surface area contributed by atoms with Gasteiger partial charge in [0.1, 0.15) is 19.3 Å². The first-order valence-corrected chi connectivity index (χ1v) is 44.4. The van der Waals surface area contributed by atoms with E-state index in [4.69, 9.17) is 37.0 Å². The van der Waals surface area contributed by atoms with Gasteiger partial charge in [-0.05, 0) is 167 Å². The molecule has 0 rings (SSSR count). The van der Waals surface area contributed by atoms with Crippen molar-refractivity contribution in [2.24, 2.45) is 0 Å². The summed E-state index contributed by atoms with van der Waals surface area (Å²) in [6.07, 6.45) is 94.7. The van der Waals surface area contributed by atoms with Crippen LogP contribution in [0.4, 0.5) is 0 Å². The van der Waals surface area contributed by atoms with Crippen LogP contribution in [0.15, 0.2) is 170 Å². The maximum absolute atomic E-state index is 13.1. The van der Waals surface area contributed by atoms with Gasteiger partial charge in [-0.1, -0.05) is 288 Å². The smallest absolute Gasteiger partial charge is 0.462 e. The van der Waals surface area contributed by atoms with Gasteiger partial charge in [0.15, 0.2) is 12.2 Å². The topological polar surface area (TPSA) is 237 Å². The standard InChI is InChI=1S/C89H146O17P2/c1-5-9-13-17-21-25-29-33-37-40-41-44-47-50-54-58-62-66-70-74-87(92)100-79-84(105-88(93)75-71-67-63-59-55-51-45-36-32-28-24-20-16-12-8-4)81-103-107(95,96)101-77-83(90)78-102-108(97,98)104-82-85(106-89(94)76-72-68-64-60-56-52-48-43-39-35-31-27-23-19-15-11-7-3)80-99-86(91)73-69-65-61-57-53-49-46-42-38-34-30-26-22-18-14-10-6-2/h9-11,13-15,21-23,25-27,33-39,41,44-46,49-50,54,57,61,83-85,90H,5-8,12,16-20,24,28-32,40,42-43,47-48,51-53,55-56,58-60,62-82H2,1-4H3,(H,95,96)(H,97,98)/b13-9-,14-10-,15-11-,25-21-,26-22-,27-23-,37-33-,38-34-,39-35-,44-41-,45-36-,49-46-,54-50-,61-57-. The van der Waals surface area contributed by atoms with E-state index in [-0.39, 0.29) is 25.7 Å². The highest BCUT2D eigenvalue weighted by Crippen LogP contribution is 2.45. The maximum Gasteiger partial charge on any atom is 0.472 e. The number of hydrogen-bond acceptors (Lipinski definition) is 15. The molecule has 0 radical (unpaired) electrons. The van der Waals surface area contributed by atoms with Gasteiger partial charge in [-0.2, -0.15) is 0 Å². The number of rotatable bonds is 76. The summed E-state index contributed by atoms with van der Waals surface area (Å²) < 4.78 is 68.6. The van der Waals surface area contributed by atoms with E-state index in [0.29, 0.717) is 32.1 Å². The van der Waals surface area contributed by atoms with E-state index in [1.54, 1.807) is 0 Å². The van der Waals surface area contributed by atoms with Crippen LogP contribution in [0.1, 0.15) is 310 Å². The van der Waals surface area contributed by atoms with Crippen LogP contribution in [0.25, 0.3) is 0 Å². The Morgan fingerprint density at radius 1 is 0.269 bits per heavy atom. The monoisotopic (exact) mass is 1550 g/mol. The largest absolute Gasteiger partial charge is 0.472 e. The lowest BCUT2D eigenvalue weighted by Gasteiger charge is -2.21. The molecule has 614 valence electrons. The van der Waals surface area contributed by atoms with Gasteiger partial charge in [0.05, 0.1) is 26.4 Å². The predicted molar refractivity (Wildman–Crippen MR) is 445 cm³/mol. The highest BCUT2D eigenvalue weighted by Gasteiger charge is 2.30. The predicted octanol–water partition coefficient (Wildman–Crippen LogP) is 24.6. The molecule has 0 aliphatic heterocycles. The summed E-state index contributed by atoms with van der Waals surface area (Å²) in [6.45, 7) is 4.42. The molecule has 0 aromatic carbocycles. The SMILES string of the molecule is CC/C=C\C/C=C\C/C=C\C/C=C\C/C=C\CCCCCC(=O)OCC(COP(=O)(O)OCC(O)COP(=O)(O)OCC(COC(=O)CCC/C=C\C/C=C\C/C=C\C/C=C\C/C=C\CC)OC(=O)CCCCCCCCC/C=C\C/C=C\C/C=C\CC)OC(=O)CCCCCCC/C=C\CCCCCCCC. The second kappa shape index (κ2) is 79.5. The molecule has 0 aromatic rings. The van der Waals surface area contributed by atoms with Crippen molar-refractivity contribution in [3.05, 3.63) is 170 Å². The number of phosphoric ester groups is 2.